The van der Waals surface area contributed by atoms with E-state index in [9.17, 15) is 9.90 Å². The molecule has 1 fully saturated rings. The minimum absolute atomic E-state index is 0.562. The first kappa shape index (κ1) is 12.9. The lowest BCUT2D eigenvalue weighted by molar-refractivity contribution is -0.149. The van der Waals surface area contributed by atoms with Gasteiger partial charge in [-0.15, -0.1) is 0 Å². The Morgan fingerprint density at radius 3 is 2.22 bits per heavy atom. The third-order valence-electron chi connectivity index (χ3n) is 3.81. The van der Waals surface area contributed by atoms with Crippen molar-refractivity contribution in [2.75, 3.05) is 18.0 Å². The molecule has 0 bridgehead atoms. The Bertz CT molecular complexity index is 443. The predicted octanol–water partition coefficient (Wildman–Crippen LogP) is 2.39. The summed E-state index contributed by atoms with van der Waals surface area (Å²) < 4.78 is 0. The van der Waals surface area contributed by atoms with E-state index in [1.807, 2.05) is 20.8 Å². The Morgan fingerprint density at radius 2 is 1.78 bits per heavy atom. The number of carbonyl (C=O) groups is 1. The molecule has 2 heterocycles. The number of aromatic nitrogens is 1. The highest BCUT2D eigenvalue weighted by Gasteiger charge is 2.36. The largest absolute Gasteiger partial charge is 0.481 e. The fourth-order valence-corrected chi connectivity index (χ4v) is 2.47. The standard InChI is InChI=1S/C14H20N2O2/c1-10-8-12(9-11(2)15-10)16-6-4-14(3,5-7-16)13(17)18/h8-9H,4-7H2,1-3H3,(H,17,18). The fourth-order valence-electron chi connectivity index (χ4n) is 2.47. The van der Waals surface area contributed by atoms with Gasteiger partial charge in [-0.25, -0.2) is 0 Å². The van der Waals surface area contributed by atoms with Crippen molar-refractivity contribution in [1.29, 1.82) is 0 Å². The maximum Gasteiger partial charge on any atom is 0.309 e. The van der Waals surface area contributed by atoms with Crippen LogP contribution in [0.5, 0.6) is 0 Å². The van der Waals surface area contributed by atoms with Gasteiger partial charge < -0.3 is 10.0 Å². The second-order valence-electron chi connectivity index (χ2n) is 5.46. The summed E-state index contributed by atoms with van der Waals surface area (Å²) in [5.41, 5.74) is 2.62. The highest BCUT2D eigenvalue weighted by molar-refractivity contribution is 5.74. The molecule has 1 saturated heterocycles. The van der Waals surface area contributed by atoms with Crippen molar-refractivity contribution >= 4 is 11.7 Å². The van der Waals surface area contributed by atoms with Gasteiger partial charge in [-0.2, -0.15) is 0 Å². The average molecular weight is 248 g/mol. The van der Waals surface area contributed by atoms with Gasteiger partial charge in [0, 0.05) is 30.2 Å². The van der Waals surface area contributed by atoms with Crippen LogP contribution in [0.15, 0.2) is 12.1 Å². The van der Waals surface area contributed by atoms with Gasteiger partial charge in [0.15, 0.2) is 0 Å². The van der Waals surface area contributed by atoms with Crippen LogP contribution in [0, 0.1) is 19.3 Å². The van der Waals surface area contributed by atoms with E-state index >= 15 is 0 Å². The summed E-state index contributed by atoms with van der Waals surface area (Å²) in [5.74, 6) is -0.677. The van der Waals surface area contributed by atoms with Crippen molar-refractivity contribution in [3.63, 3.8) is 0 Å². The number of rotatable bonds is 2. The van der Waals surface area contributed by atoms with Crippen molar-refractivity contribution in [2.45, 2.75) is 33.6 Å². The quantitative estimate of drug-likeness (QED) is 0.873. The summed E-state index contributed by atoms with van der Waals surface area (Å²) in [5, 5.41) is 9.21. The van der Waals surface area contributed by atoms with Crippen LogP contribution in [-0.4, -0.2) is 29.1 Å². The zero-order valence-corrected chi connectivity index (χ0v) is 11.2. The summed E-state index contributed by atoms with van der Waals surface area (Å²) in [4.78, 5) is 17.8. The second kappa shape index (κ2) is 4.59. The first-order valence-electron chi connectivity index (χ1n) is 6.34. The Labute approximate surface area is 108 Å². The number of pyridine rings is 1. The highest BCUT2D eigenvalue weighted by atomic mass is 16.4. The van der Waals surface area contributed by atoms with Gasteiger partial charge in [-0.05, 0) is 45.7 Å². The van der Waals surface area contributed by atoms with Crippen molar-refractivity contribution in [3.8, 4) is 0 Å². The molecular formula is C14H20N2O2. The number of hydrogen-bond donors (Lipinski definition) is 1. The van der Waals surface area contributed by atoms with Crippen molar-refractivity contribution < 1.29 is 9.90 Å². The molecule has 0 aromatic carbocycles. The Kier molecular flexibility index (Phi) is 3.28. The minimum Gasteiger partial charge on any atom is -0.481 e. The van der Waals surface area contributed by atoms with E-state index in [1.165, 1.54) is 0 Å². The lowest BCUT2D eigenvalue weighted by Crippen LogP contribution is -2.42. The van der Waals surface area contributed by atoms with Gasteiger partial charge in [0.25, 0.3) is 0 Å². The molecule has 1 aliphatic rings. The molecule has 4 nitrogen and oxygen atoms in total. The first-order valence-corrected chi connectivity index (χ1v) is 6.34. The monoisotopic (exact) mass is 248 g/mol. The fraction of sp³-hybridized carbons (Fsp3) is 0.571. The zero-order valence-electron chi connectivity index (χ0n) is 11.2. The second-order valence-corrected chi connectivity index (χ2v) is 5.46. The molecule has 0 atom stereocenters. The van der Waals surface area contributed by atoms with Crippen LogP contribution >= 0.6 is 0 Å². The number of aryl methyl sites for hydroxylation is 2. The number of hydrogen-bond acceptors (Lipinski definition) is 3. The van der Waals surface area contributed by atoms with Crippen molar-refractivity contribution in [3.05, 3.63) is 23.5 Å². The summed E-state index contributed by atoms with van der Waals surface area (Å²) in [7, 11) is 0. The topological polar surface area (TPSA) is 53.4 Å². The molecule has 0 saturated carbocycles. The Balaban J connectivity index is 2.12. The smallest absolute Gasteiger partial charge is 0.309 e. The van der Waals surface area contributed by atoms with Crippen LogP contribution in [0.3, 0.4) is 0 Å². The maximum atomic E-state index is 11.2. The van der Waals surface area contributed by atoms with E-state index in [1.54, 1.807) is 0 Å². The van der Waals surface area contributed by atoms with Crippen LogP contribution in [0.1, 0.15) is 31.2 Å². The molecule has 1 aromatic rings. The van der Waals surface area contributed by atoms with E-state index < -0.39 is 11.4 Å². The van der Waals surface area contributed by atoms with Gasteiger partial charge in [0.2, 0.25) is 0 Å². The molecule has 1 N–H and O–H groups in total. The molecule has 1 aliphatic heterocycles. The molecule has 1 aromatic heterocycles. The van der Waals surface area contributed by atoms with Crippen LogP contribution in [-0.2, 0) is 4.79 Å². The molecule has 0 radical (unpaired) electrons. The molecule has 2 rings (SSSR count). The molecule has 18 heavy (non-hydrogen) atoms. The zero-order chi connectivity index (χ0) is 13.3. The highest BCUT2D eigenvalue weighted by Crippen LogP contribution is 2.33. The van der Waals surface area contributed by atoms with E-state index in [2.05, 4.69) is 22.0 Å². The predicted molar refractivity (Wildman–Crippen MR) is 70.9 cm³/mol. The van der Waals surface area contributed by atoms with Gasteiger partial charge in [-0.1, -0.05) is 0 Å². The summed E-state index contributed by atoms with van der Waals surface area (Å²) >= 11 is 0. The first-order chi connectivity index (χ1) is 8.40. The molecule has 98 valence electrons. The van der Waals surface area contributed by atoms with Crippen LogP contribution in [0.25, 0.3) is 0 Å². The van der Waals surface area contributed by atoms with Crippen LogP contribution < -0.4 is 4.90 Å². The number of aliphatic carboxylic acids is 1. The average Bonchev–Trinajstić information content (AvgIpc) is 2.28. The maximum absolute atomic E-state index is 11.2. The van der Waals surface area contributed by atoms with Crippen molar-refractivity contribution in [1.82, 2.24) is 4.98 Å². The van der Waals surface area contributed by atoms with Gasteiger partial charge in [0.05, 0.1) is 5.41 Å². The molecule has 4 heteroatoms. The lowest BCUT2D eigenvalue weighted by Gasteiger charge is -2.37. The number of carboxylic acids is 1. The third kappa shape index (κ3) is 2.47. The van der Waals surface area contributed by atoms with E-state index in [0.717, 1.165) is 30.2 Å². The van der Waals surface area contributed by atoms with Gasteiger partial charge in [0.1, 0.15) is 0 Å². The summed E-state index contributed by atoms with van der Waals surface area (Å²) in [6.07, 6.45) is 1.39. The molecule has 0 aliphatic carbocycles. The molecule has 0 spiro atoms. The van der Waals surface area contributed by atoms with Crippen molar-refractivity contribution in [2.24, 2.45) is 5.41 Å². The number of anilines is 1. The molecular weight excluding hydrogens is 228 g/mol. The third-order valence-corrected chi connectivity index (χ3v) is 3.81. The van der Waals surface area contributed by atoms with Gasteiger partial charge >= 0.3 is 5.97 Å². The van der Waals surface area contributed by atoms with Gasteiger partial charge in [-0.3, -0.25) is 9.78 Å². The Hall–Kier alpha value is -1.58. The number of piperidine rings is 1. The summed E-state index contributed by atoms with van der Waals surface area (Å²) in [6.45, 7) is 7.41. The van der Waals surface area contributed by atoms with E-state index in [-0.39, 0.29) is 0 Å². The normalized spacial score (nSPS) is 18.7. The number of carboxylic acid groups (broad SMARTS) is 1. The van der Waals surface area contributed by atoms with Crippen LogP contribution in [0.4, 0.5) is 5.69 Å². The number of nitrogens with zero attached hydrogens (tertiary/aromatic N) is 2. The van der Waals surface area contributed by atoms with E-state index in [0.29, 0.717) is 12.8 Å². The molecule has 0 unspecified atom stereocenters. The SMILES string of the molecule is Cc1cc(N2CCC(C)(C(=O)O)CC2)cc(C)n1. The Morgan fingerprint density at radius 1 is 1.28 bits per heavy atom. The van der Waals surface area contributed by atoms with Crippen LogP contribution in [0.2, 0.25) is 0 Å². The minimum atomic E-state index is -0.677. The lowest BCUT2D eigenvalue weighted by atomic mass is 9.80. The molecule has 0 amide bonds. The van der Waals surface area contributed by atoms with E-state index in [4.69, 9.17) is 0 Å². The summed E-state index contributed by atoms with van der Waals surface area (Å²) in [6, 6.07) is 4.13.